The van der Waals surface area contributed by atoms with Crippen LogP contribution in [0.5, 0.6) is 0 Å². The summed E-state index contributed by atoms with van der Waals surface area (Å²) in [6.07, 6.45) is 0. The summed E-state index contributed by atoms with van der Waals surface area (Å²) in [6.45, 7) is 0. The van der Waals surface area contributed by atoms with Crippen molar-refractivity contribution in [2.24, 2.45) is 0 Å². The molecule has 3 nitrogen and oxygen atoms in total. The molecule has 5 heteroatoms. The molecule has 0 aliphatic heterocycles. The molecule has 0 atom stereocenters. The molecular weight excluding hydrogens is 695 g/mol. The number of para-hydroxylation sites is 2. The van der Waals surface area contributed by atoms with Crippen molar-refractivity contribution < 1.29 is 0 Å². The van der Waals surface area contributed by atoms with Crippen molar-refractivity contribution >= 4 is 53.9 Å². The molecule has 54 heavy (non-hydrogen) atoms. The minimum absolute atomic E-state index is 0.675. The molecule has 10 aromatic rings. The molecule has 0 spiro atoms. The normalized spacial score (nSPS) is 11.3. The van der Waals surface area contributed by atoms with Gasteiger partial charge in [0.15, 0.2) is 0 Å². The van der Waals surface area contributed by atoms with Crippen LogP contribution in [0.15, 0.2) is 176 Å². The molecule has 0 unspecified atom stereocenters. The Morgan fingerprint density at radius 2 is 0.741 bits per heavy atom. The lowest BCUT2D eigenvalue weighted by Gasteiger charge is -2.13. The van der Waals surface area contributed by atoms with Gasteiger partial charge in [0.1, 0.15) is 10.0 Å². The van der Waals surface area contributed by atoms with Crippen LogP contribution < -0.4 is 0 Å². The molecule has 0 saturated heterocycles. The molecule has 2 heterocycles. The van der Waals surface area contributed by atoms with Crippen LogP contribution in [0.4, 0.5) is 0 Å². The SMILES string of the molecule is N#Cc1ccc2cc(-c3ccc(-c4cc(-c5ccc(-c6nc7ccccc7s6)cc5)cc(-c5ccc(-c6nc7ccccc7s6)cc5)c4)cc3)ccc2c1. The Morgan fingerprint density at radius 3 is 1.20 bits per heavy atom. The van der Waals surface area contributed by atoms with Crippen LogP contribution in [0.2, 0.25) is 0 Å². The first-order valence-electron chi connectivity index (χ1n) is 17.8. The Morgan fingerprint density at radius 1 is 0.352 bits per heavy atom. The van der Waals surface area contributed by atoms with Crippen LogP contribution >= 0.6 is 22.7 Å². The number of hydrogen-bond donors (Lipinski definition) is 0. The zero-order valence-corrected chi connectivity index (χ0v) is 30.5. The topological polar surface area (TPSA) is 49.6 Å². The lowest BCUT2D eigenvalue weighted by atomic mass is 9.92. The maximum absolute atomic E-state index is 9.31. The molecule has 2 aromatic heterocycles. The van der Waals surface area contributed by atoms with Crippen LogP contribution in [0, 0.1) is 11.3 Å². The summed E-state index contributed by atoms with van der Waals surface area (Å²) in [5, 5.41) is 13.6. The molecule has 0 radical (unpaired) electrons. The van der Waals surface area contributed by atoms with E-state index in [1.807, 2.05) is 30.3 Å². The largest absolute Gasteiger partial charge is 0.236 e. The third-order valence-electron chi connectivity index (χ3n) is 9.97. The second-order valence-electron chi connectivity index (χ2n) is 13.4. The highest BCUT2D eigenvalue weighted by atomic mass is 32.1. The third-order valence-corrected chi connectivity index (χ3v) is 12.1. The zero-order chi connectivity index (χ0) is 36.0. The zero-order valence-electron chi connectivity index (χ0n) is 28.9. The van der Waals surface area contributed by atoms with Crippen LogP contribution in [0.3, 0.4) is 0 Å². The summed E-state index contributed by atoms with van der Waals surface area (Å²) in [6, 6.07) is 64.4. The van der Waals surface area contributed by atoms with Crippen molar-refractivity contribution in [3.8, 4) is 71.7 Å². The second kappa shape index (κ2) is 13.4. The predicted octanol–water partition coefficient (Wildman–Crippen LogP) is 13.9. The van der Waals surface area contributed by atoms with E-state index in [1.54, 1.807) is 22.7 Å². The van der Waals surface area contributed by atoms with Gasteiger partial charge in [-0.3, -0.25) is 0 Å². The summed E-state index contributed by atoms with van der Waals surface area (Å²) in [5.41, 5.74) is 14.2. The monoisotopic (exact) mass is 723 g/mol. The first-order valence-corrected chi connectivity index (χ1v) is 19.4. The van der Waals surface area contributed by atoms with Gasteiger partial charge in [0, 0.05) is 11.1 Å². The van der Waals surface area contributed by atoms with Gasteiger partial charge in [-0.2, -0.15) is 5.26 Å². The van der Waals surface area contributed by atoms with Crippen molar-refractivity contribution in [1.29, 1.82) is 5.26 Å². The Kier molecular flexibility index (Phi) is 7.91. The minimum atomic E-state index is 0.675. The van der Waals surface area contributed by atoms with E-state index >= 15 is 0 Å². The van der Waals surface area contributed by atoms with Gasteiger partial charge in [-0.1, -0.05) is 115 Å². The molecule has 252 valence electrons. The summed E-state index contributed by atoms with van der Waals surface area (Å²) >= 11 is 3.45. The van der Waals surface area contributed by atoms with E-state index in [0.29, 0.717) is 5.56 Å². The lowest BCUT2D eigenvalue weighted by Crippen LogP contribution is -1.87. The summed E-state index contributed by atoms with van der Waals surface area (Å²) in [4.78, 5) is 9.78. The number of thiazole rings is 2. The van der Waals surface area contributed by atoms with Crippen molar-refractivity contribution in [2.45, 2.75) is 0 Å². The van der Waals surface area contributed by atoms with Crippen LogP contribution in [0.25, 0.3) is 96.9 Å². The Labute approximate surface area is 320 Å². The summed E-state index contributed by atoms with van der Waals surface area (Å²) in [5.74, 6) is 0. The van der Waals surface area contributed by atoms with Gasteiger partial charge in [0.2, 0.25) is 0 Å². The number of aromatic nitrogens is 2. The van der Waals surface area contributed by atoms with Crippen molar-refractivity contribution in [2.75, 3.05) is 0 Å². The molecule has 0 amide bonds. The number of fused-ring (bicyclic) bond motifs is 3. The quantitative estimate of drug-likeness (QED) is 0.172. The van der Waals surface area contributed by atoms with E-state index < -0.39 is 0 Å². The maximum atomic E-state index is 9.31. The lowest BCUT2D eigenvalue weighted by molar-refractivity contribution is 1.47. The van der Waals surface area contributed by atoms with Crippen molar-refractivity contribution in [1.82, 2.24) is 9.97 Å². The molecule has 10 rings (SSSR count). The number of nitrogens with zero attached hydrogens (tertiary/aromatic N) is 3. The fraction of sp³-hybridized carbons (Fsp3) is 0. The van der Waals surface area contributed by atoms with Gasteiger partial charge in [-0.15, -0.1) is 22.7 Å². The Balaban J connectivity index is 1.02. The van der Waals surface area contributed by atoms with Gasteiger partial charge < -0.3 is 0 Å². The minimum Gasteiger partial charge on any atom is -0.236 e. The Bertz CT molecular complexity index is 2840. The van der Waals surface area contributed by atoms with Gasteiger partial charge in [-0.05, 0) is 116 Å². The van der Waals surface area contributed by atoms with E-state index in [-0.39, 0.29) is 0 Å². The van der Waals surface area contributed by atoms with Gasteiger partial charge in [0.25, 0.3) is 0 Å². The fourth-order valence-corrected chi connectivity index (χ4v) is 9.02. The van der Waals surface area contributed by atoms with E-state index in [4.69, 9.17) is 9.97 Å². The van der Waals surface area contributed by atoms with Crippen molar-refractivity contribution in [3.05, 3.63) is 181 Å². The van der Waals surface area contributed by atoms with Crippen LogP contribution in [-0.4, -0.2) is 9.97 Å². The molecular formula is C49H29N3S2. The molecule has 0 aliphatic rings. The third kappa shape index (κ3) is 6.04. The van der Waals surface area contributed by atoms with Crippen LogP contribution in [-0.2, 0) is 0 Å². The van der Waals surface area contributed by atoms with E-state index in [0.717, 1.165) is 87.5 Å². The average Bonchev–Trinajstić information content (AvgIpc) is 3.89. The van der Waals surface area contributed by atoms with Crippen molar-refractivity contribution in [3.63, 3.8) is 0 Å². The Hall–Kier alpha value is -6.71. The van der Waals surface area contributed by atoms with E-state index in [1.165, 1.54) is 9.40 Å². The predicted molar refractivity (Wildman–Crippen MR) is 228 cm³/mol. The van der Waals surface area contributed by atoms with Gasteiger partial charge in [0.05, 0.1) is 32.1 Å². The number of hydrogen-bond acceptors (Lipinski definition) is 5. The first kappa shape index (κ1) is 32.0. The number of rotatable bonds is 6. The smallest absolute Gasteiger partial charge is 0.124 e. The highest BCUT2D eigenvalue weighted by Crippen LogP contribution is 2.38. The average molecular weight is 724 g/mol. The number of nitriles is 1. The molecule has 0 fully saturated rings. The molecule has 8 aromatic carbocycles. The first-order chi connectivity index (χ1) is 26.6. The highest BCUT2D eigenvalue weighted by molar-refractivity contribution is 7.22. The maximum Gasteiger partial charge on any atom is 0.124 e. The molecule has 0 bridgehead atoms. The van der Waals surface area contributed by atoms with E-state index in [9.17, 15) is 5.26 Å². The standard InChI is InChI=1S/C49H29N3S2/c50-30-31-9-10-40-26-39(24-23-38(40)25-31)32-11-13-33(14-12-32)41-27-42(34-15-19-36(20-16-34)48-51-44-5-1-3-7-46(44)53-48)29-43(28-41)35-17-21-37(22-18-35)49-52-45-6-2-4-8-47(45)54-49/h1-29H. The highest BCUT2D eigenvalue weighted by Gasteiger charge is 2.12. The van der Waals surface area contributed by atoms with E-state index in [2.05, 4.69) is 152 Å². The van der Waals surface area contributed by atoms with Gasteiger partial charge >= 0.3 is 0 Å². The molecule has 0 N–H and O–H groups in total. The van der Waals surface area contributed by atoms with Gasteiger partial charge in [-0.25, -0.2) is 9.97 Å². The second-order valence-corrected chi connectivity index (χ2v) is 15.5. The molecule has 0 saturated carbocycles. The summed E-state index contributed by atoms with van der Waals surface area (Å²) < 4.78 is 2.40. The number of benzene rings is 8. The summed E-state index contributed by atoms with van der Waals surface area (Å²) in [7, 11) is 0. The van der Waals surface area contributed by atoms with Crippen LogP contribution in [0.1, 0.15) is 5.56 Å². The fourth-order valence-electron chi connectivity index (χ4n) is 7.08. The molecule has 0 aliphatic carbocycles.